The molecule has 3 aromatic carbocycles. The van der Waals surface area contributed by atoms with Crippen LogP contribution in [0.3, 0.4) is 0 Å². The summed E-state index contributed by atoms with van der Waals surface area (Å²) in [5, 5.41) is 5.01. The smallest absolute Gasteiger partial charge is 0.257 e. The van der Waals surface area contributed by atoms with Crippen LogP contribution in [0.5, 0.6) is 5.75 Å². The number of carbonyl (C=O) groups is 2. The Morgan fingerprint density at radius 1 is 0.917 bits per heavy atom. The van der Waals surface area contributed by atoms with Gasteiger partial charge in [0, 0.05) is 24.9 Å². The molecule has 0 fully saturated rings. The second-order valence-electron chi connectivity index (χ2n) is 7.93. The lowest BCUT2D eigenvalue weighted by molar-refractivity contribution is 0.0946. The van der Waals surface area contributed by atoms with Gasteiger partial charge < -0.3 is 20.1 Å². The van der Waals surface area contributed by atoms with Crippen molar-refractivity contribution in [1.29, 1.82) is 0 Å². The molecule has 0 radical (unpaired) electrons. The molecule has 3 rings (SSSR count). The molecular formula is C26H24ClF3N2O4. The van der Waals surface area contributed by atoms with Gasteiger partial charge in [0.25, 0.3) is 11.8 Å². The highest BCUT2D eigenvalue weighted by Crippen LogP contribution is 2.28. The first-order chi connectivity index (χ1) is 17.1. The van der Waals surface area contributed by atoms with Crippen molar-refractivity contribution in [3.05, 3.63) is 92.8 Å². The Kier molecular flexibility index (Phi) is 8.95. The van der Waals surface area contributed by atoms with Crippen LogP contribution in [-0.4, -0.2) is 32.1 Å². The van der Waals surface area contributed by atoms with Crippen LogP contribution in [-0.2, 0) is 11.3 Å². The SMILES string of the molecule is COCCOc1ccc(NC(=O)c2cc(C(=O)NCc3ccc(F)c(F)c3)c(F)c(C)c2Cl)c(C)c1. The Morgan fingerprint density at radius 2 is 1.67 bits per heavy atom. The van der Waals surface area contributed by atoms with Gasteiger partial charge in [-0.15, -0.1) is 0 Å². The van der Waals surface area contributed by atoms with Crippen LogP contribution in [0.25, 0.3) is 0 Å². The third kappa shape index (κ3) is 6.35. The van der Waals surface area contributed by atoms with Gasteiger partial charge in [0.1, 0.15) is 18.2 Å². The summed E-state index contributed by atoms with van der Waals surface area (Å²) in [5.41, 5.74) is 0.855. The van der Waals surface area contributed by atoms with Crippen LogP contribution in [0.2, 0.25) is 5.02 Å². The first-order valence-corrected chi connectivity index (χ1v) is 11.2. The average Bonchev–Trinajstić information content (AvgIpc) is 2.85. The lowest BCUT2D eigenvalue weighted by Crippen LogP contribution is -2.25. The highest BCUT2D eigenvalue weighted by molar-refractivity contribution is 6.35. The van der Waals surface area contributed by atoms with Crippen LogP contribution >= 0.6 is 11.6 Å². The molecule has 36 heavy (non-hydrogen) atoms. The number of hydrogen-bond donors (Lipinski definition) is 2. The normalized spacial score (nSPS) is 10.8. The fourth-order valence-corrected chi connectivity index (χ4v) is 3.55. The minimum atomic E-state index is -1.07. The molecule has 0 unspecified atom stereocenters. The number of rotatable bonds is 9. The quantitative estimate of drug-likeness (QED) is 0.361. The van der Waals surface area contributed by atoms with Crippen molar-refractivity contribution in [2.45, 2.75) is 20.4 Å². The maximum absolute atomic E-state index is 14.9. The van der Waals surface area contributed by atoms with E-state index in [1.807, 2.05) is 0 Å². The zero-order valence-corrected chi connectivity index (χ0v) is 20.6. The number of carbonyl (C=O) groups excluding carboxylic acids is 2. The lowest BCUT2D eigenvalue weighted by Gasteiger charge is -2.15. The summed E-state index contributed by atoms with van der Waals surface area (Å²) in [6.07, 6.45) is 0. The number of methoxy groups -OCH3 is 1. The van der Waals surface area contributed by atoms with Gasteiger partial charge in [0.15, 0.2) is 11.6 Å². The summed E-state index contributed by atoms with van der Waals surface area (Å²) in [6.45, 7) is 3.73. The van der Waals surface area contributed by atoms with E-state index in [-0.39, 0.29) is 28.3 Å². The summed E-state index contributed by atoms with van der Waals surface area (Å²) < 4.78 is 51.9. The molecule has 6 nitrogen and oxygen atoms in total. The molecule has 190 valence electrons. The molecule has 0 aliphatic heterocycles. The zero-order valence-electron chi connectivity index (χ0n) is 19.8. The number of anilines is 1. The van der Waals surface area contributed by atoms with E-state index in [0.717, 1.165) is 18.2 Å². The summed E-state index contributed by atoms with van der Waals surface area (Å²) in [6, 6.07) is 9.25. The van der Waals surface area contributed by atoms with Gasteiger partial charge >= 0.3 is 0 Å². The van der Waals surface area contributed by atoms with Gasteiger partial charge in [-0.25, -0.2) is 13.2 Å². The minimum Gasteiger partial charge on any atom is -0.491 e. The van der Waals surface area contributed by atoms with Gasteiger partial charge in [0.2, 0.25) is 0 Å². The monoisotopic (exact) mass is 520 g/mol. The van der Waals surface area contributed by atoms with Gasteiger partial charge in [-0.1, -0.05) is 17.7 Å². The fourth-order valence-electron chi connectivity index (χ4n) is 3.33. The van der Waals surface area contributed by atoms with E-state index in [4.69, 9.17) is 21.1 Å². The van der Waals surface area contributed by atoms with Crippen molar-refractivity contribution in [3.63, 3.8) is 0 Å². The van der Waals surface area contributed by atoms with Crippen molar-refractivity contribution in [1.82, 2.24) is 5.32 Å². The van der Waals surface area contributed by atoms with Crippen molar-refractivity contribution in [3.8, 4) is 5.75 Å². The third-order valence-electron chi connectivity index (χ3n) is 5.35. The summed E-state index contributed by atoms with van der Waals surface area (Å²) in [5.74, 6) is -3.89. The fraction of sp³-hybridized carbons (Fsp3) is 0.231. The molecule has 0 bridgehead atoms. The number of aryl methyl sites for hydroxylation is 1. The minimum absolute atomic E-state index is 0.0825. The predicted molar refractivity (Wildman–Crippen MR) is 130 cm³/mol. The molecule has 0 spiro atoms. The van der Waals surface area contributed by atoms with Gasteiger partial charge in [0.05, 0.1) is 22.8 Å². The maximum Gasteiger partial charge on any atom is 0.257 e. The average molecular weight is 521 g/mol. The van der Waals surface area contributed by atoms with E-state index in [2.05, 4.69) is 10.6 Å². The second-order valence-corrected chi connectivity index (χ2v) is 8.31. The highest BCUT2D eigenvalue weighted by Gasteiger charge is 2.23. The van der Waals surface area contributed by atoms with Crippen molar-refractivity contribution in [2.24, 2.45) is 0 Å². The molecule has 0 heterocycles. The molecule has 0 aromatic heterocycles. The summed E-state index contributed by atoms with van der Waals surface area (Å²) >= 11 is 6.24. The van der Waals surface area contributed by atoms with Crippen LogP contribution < -0.4 is 15.4 Å². The first-order valence-electron chi connectivity index (χ1n) is 10.9. The molecule has 10 heteroatoms. The number of ether oxygens (including phenoxy) is 2. The van der Waals surface area contributed by atoms with Gasteiger partial charge in [-0.2, -0.15) is 0 Å². The van der Waals surface area contributed by atoms with Crippen LogP contribution in [0.1, 0.15) is 37.4 Å². The third-order valence-corrected chi connectivity index (χ3v) is 5.84. The summed E-state index contributed by atoms with van der Waals surface area (Å²) in [4.78, 5) is 25.7. The predicted octanol–water partition coefficient (Wildman–Crippen LogP) is 5.58. The Balaban J connectivity index is 1.79. The largest absolute Gasteiger partial charge is 0.491 e. The number of nitrogens with one attached hydrogen (secondary N) is 2. The Labute approximate surface area is 211 Å². The van der Waals surface area contributed by atoms with E-state index in [1.165, 1.54) is 13.0 Å². The molecule has 2 N–H and O–H groups in total. The topological polar surface area (TPSA) is 76.7 Å². The molecular weight excluding hydrogens is 497 g/mol. The van der Waals surface area contributed by atoms with E-state index in [1.54, 1.807) is 32.2 Å². The van der Waals surface area contributed by atoms with Crippen molar-refractivity contribution < 1.29 is 32.2 Å². The van der Waals surface area contributed by atoms with Crippen molar-refractivity contribution in [2.75, 3.05) is 25.6 Å². The second kappa shape index (κ2) is 11.9. The standard InChI is InChI=1S/C26H24ClF3N2O4/c1-14-10-17(36-9-8-35-3)5-7-22(14)32-26(34)18-12-19(24(30)15(2)23(18)27)25(33)31-13-16-4-6-20(28)21(29)11-16/h4-7,10-12H,8-9,13H2,1-3H3,(H,31,33)(H,32,34). The van der Waals surface area contributed by atoms with E-state index >= 15 is 0 Å². The summed E-state index contributed by atoms with van der Waals surface area (Å²) in [7, 11) is 1.57. The Bertz CT molecular complexity index is 1300. The highest BCUT2D eigenvalue weighted by atomic mass is 35.5. The molecule has 3 aromatic rings. The number of benzene rings is 3. The molecule has 0 saturated carbocycles. The molecule has 2 amide bonds. The van der Waals surface area contributed by atoms with Crippen LogP contribution in [0.15, 0.2) is 42.5 Å². The Morgan fingerprint density at radius 3 is 2.33 bits per heavy atom. The lowest BCUT2D eigenvalue weighted by atomic mass is 10.0. The number of hydrogen-bond acceptors (Lipinski definition) is 4. The van der Waals surface area contributed by atoms with Crippen LogP contribution in [0.4, 0.5) is 18.9 Å². The molecule has 0 aliphatic rings. The zero-order chi connectivity index (χ0) is 26.4. The molecule has 0 atom stereocenters. The molecule has 0 saturated heterocycles. The maximum atomic E-state index is 14.9. The van der Waals surface area contributed by atoms with Gasteiger partial charge in [-0.05, 0) is 61.4 Å². The first kappa shape index (κ1) is 27.0. The van der Waals surface area contributed by atoms with Crippen molar-refractivity contribution >= 4 is 29.1 Å². The van der Waals surface area contributed by atoms with E-state index in [9.17, 15) is 22.8 Å². The van der Waals surface area contributed by atoms with E-state index in [0.29, 0.717) is 30.2 Å². The van der Waals surface area contributed by atoms with Gasteiger partial charge in [-0.3, -0.25) is 9.59 Å². The van der Waals surface area contributed by atoms with E-state index < -0.39 is 34.8 Å². The molecule has 0 aliphatic carbocycles. The Hall–Kier alpha value is -3.56. The van der Waals surface area contributed by atoms with Crippen LogP contribution in [0, 0.1) is 31.3 Å². The number of halogens is 4. The number of amides is 2.